The van der Waals surface area contributed by atoms with E-state index in [9.17, 15) is 19.2 Å². The Morgan fingerprint density at radius 2 is 1.37 bits per heavy atom. The van der Waals surface area contributed by atoms with Crippen LogP contribution in [0.4, 0.5) is 0 Å². The zero-order chi connectivity index (χ0) is 24.7. The van der Waals surface area contributed by atoms with Gasteiger partial charge in [0, 0.05) is 0 Å². The molecule has 2 amide bonds. The summed E-state index contributed by atoms with van der Waals surface area (Å²) in [5.41, 5.74) is 0.683. The number of hydrogen-bond acceptors (Lipinski definition) is 7. The second-order valence-electron chi connectivity index (χ2n) is 9.07. The largest absolute Gasteiger partial charge is 0.461 e. The molecule has 0 aromatic heterocycles. The number of imide groups is 1. The molecule has 1 N–H and O–H groups in total. The van der Waals surface area contributed by atoms with Gasteiger partial charge in [0.15, 0.2) is 0 Å². The van der Waals surface area contributed by atoms with E-state index < -0.39 is 41.9 Å². The summed E-state index contributed by atoms with van der Waals surface area (Å²) >= 11 is 0. The Morgan fingerprint density at radius 3 is 1.94 bits per heavy atom. The maximum atomic E-state index is 13.4. The van der Waals surface area contributed by atoms with E-state index in [0.29, 0.717) is 12.8 Å². The summed E-state index contributed by atoms with van der Waals surface area (Å²) in [6.45, 7) is -0.335. The summed E-state index contributed by atoms with van der Waals surface area (Å²) in [6.07, 6.45) is 3.51. The molecule has 1 atom stereocenters. The highest BCUT2D eigenvalue weighted by molar-refractivity contribution is 6.07. The summed E-state index contributed by atoms with van der Waals surface area (Å²) in [6, 6.07) is 17.5. The minimum atomic E-state index is -0.962. The van der Waals surface area contributed by atoms with Gasteiger partial charge in [-0.25, -0.2) is 0 Å². The predicted molar refractivity (Wildman–Crippen MR) is 127 cm³/mol. The van der Waals surface area contributed by atoms with Crippen molar-refractivity contribution in [2.45, 2.75) is 63.3 Å². The molecule has 2 fully saturated rings. The number of benzene rings is 2. The van der Waals surface area contributed by atoms with Crippen LogP contribution in [-0.2, 0) is 41.9 Å². The minimum absolute atomic E-state index is 0.0501. The van der Waals surface area contributed by atoms with Crippen LogP contribution in [0.25, 0.3) is 0 Å². The second-order valence-corrected chi connectivity index (χ2v) is 9.07. The molecule has 1 aliphatic heterocycles. The third kappa shape index (κ3) is 6.14. The lowest BCUT2D eigenvalue weighted by atomic mass is 9.78. The number of carbonyl (C=O) groups is 4. The van der Waals surface area contributed by atoms with Gasteiger partial charge in [0.25, 0.3) is 0 Å². The molecular weight excluding hydrogens is 448 g/mol. The lowest BCUT2D eigenvalue weighted by Crippen LogP contribution is -2.71. The number of nitrogens with one attached hydrogen (secondary N) is 1. The highest BCUT2D eigenvalue weighted by Crippen LogP contribution is 2.34. The Labute approximate surface area is 204 Å². The van der Waals surface area contributed by atoms with Crippen LogP contribution in [0.3, 0.4) is 0 Å². The van der Waals surface area contributed by atoms with Gasteiger partial charge in [0.1, 0.15) is 19.8 Å². The van der Waals surface area contributed by atoms with Crippen molar-refractivity contribution in [3.05, 3.63) is 71.8 Å². The molecule has 0 bridgehead atoms. The molecule has 8 nitrogen and oxygen atoms in total. The summed E-state index contributed by atoms with van der Waals surface area (Å²) in [5.74, 6) is -2.26. The van der Waals surface area contributed by atoms with E-state index in [-0.39, 0.29) is 19.6 Å². The third-order valence-corrected chi connectivity index (χ3v) is 6.52. The lowest BCUT2D eigenvalue weighted by molar-refractivity contribution is -0.166. The molecule has 0 radical (unpaired) electrons. The van der Waals surface area contributed by atoms with Crippen LogP contribution in [0.1, 0.15) is 49.7 Å². The van der Waals surface area contributed by atoms with Gasteiger partial charge in [-0.2, -0.15) is 0 Å². The van der Waals surface area contributed by atoms with Gasteiger partial charge in [0.05, 0.1) is 18.0 Å². The lowest BCUT2D eigenvalue weighted by Gasteiger charge is -2.46. The third-order valence-electron chi connectivity index (χ3n) is 6.52. The van der Waals surface area contributed by atoms with Gasteiger partial charge in [-0.3, -0.25) is 29.4 Å². The van der Waals surface area contributed by atoms with Gasteiger partial charge in [-0.05, 0) is 24.0 Å². The van der Waals surface area contributed by atoms with Crippen molar-refractivity contribution in [1.29, 1.82) is 0 Å². The molecule has 1 heterocycles. The number of piperazine rings is 1. The van der Waals surface area contributed by atoms with Gasteiger partial charge in [-0.15, -0.1) is 0 Å². The Bertz CT molecular complexity index is 1050. The monoisotopic (exact) mass is 478 g/mol. The molecule has 1 aliphatic carbocycles. The van der Waals surface area contributed by atoms with E-state index in [1.54, 1.807) is 0 Å². The summed E-state index contributed by atoms with van der Waals surface area (Å²) in [5, 5.41) is 3.16. The standard InChI is InChI=1S/C27H30N2O6/c30-23(34-18-20-10-4-1-5-11-20)16-22-25(32)29(26(33)27(28-22)14-8-3-9-15-27)17-24(31)35-19-21-12-6-2-7-13-21/h1-2,4-7,10-13,22,28H,3,8-9,14-19H2/t22-/m0/s1. The Kier molecular flexibility index (Phi) is 7.92. The first-order chi connectivity index (χ1) is 17.0. The zero-order valence-corrected chi connectivity index (χ0v) is 19.6. The number of hydrogen-bond donors (Lipinski definition) is 1. The van der Waals surface area contributed by atoms with Crippen LogP contribution in [-0.4, -0.2) is 46.8 Å². The van der Waals surface area contributed by atoms with Crippen molar-refractivity contribution in [2.75, 3.05) is 6.54 Å². The van der Waals surface area contributed by atoms with Crippen LogP contribution >= 0.6 is 0 Å². The van der Waals surface area contributed by atoms with Crippen molar-refractivity contribution >= 4 is 23.8 Å². The first-order valence-electron chi connectivity index (χ1n) is 12.0. The molecule has 4 rings (SSSR count). The van der Waals surface area contributed by atoms with Crippen LogP contribution in [0, 0.1) is 0 Å². The number of rotatable bonds is 8. The van der Waals surface area contributed by atoms with E-state index in [2.05, 4.69) is 5.32 Å². The Hall–Kier alpha value is -3.52. The Morgan fingerprint density at radius 1 is 0.829 bits per heavy atom. The van der Waals surface area contributed by atoms with Gasteiger partial charge >= 0.3 is 11.9 Å². The molecule has 2 aromatic rings. The van der Waals surface area contributed by atoms with E-state index in [1.165, 1.54) is 0 Å². The molecule has 8 heteroatoms. The van der Waals surface area contributed by atoms with Gasteiger partial charge in [-0.1, -0.05) is 79.9 Å². The van der Waals surface area contributed by atoms with E-state index in [4.69, 9.17) is 9.47 Å². The van der Waals surface area contributed by atoms with Crippen molar-refractivity contribution < 1.29 is 28.7 Å². The predicted octanol–water partition coefficient (Wildman–Crippen LogP) is 2.89. The van der Waals surface area contributed by atoms with Crippen LogP contribution in [0.5, 0.6) is 0 Å². The van der Waals surface area contributed by atoms with Crippen LogP contribution < -0.4 is 5.32 Å². The number of esters is 2. The fourth-order valence-corrected chi connectivity index (χ4v) is 4.68. The average molecular weight is 479 g/mol. The van der Waals surface area contributed by atoms with Crippen molar-refractivity contribution in [1.82, 2.24) is 10.2 Å². The first kappa shape index (κ1) is 24.6. The molecule has 1 saturated heterocycles. The normalized spacial score (nSPS) is 19.4. The molecule has 2 aromatic carbocycles. The van der Waals surface area contributed by atoms with Gasteiger partial charge in [0.2, 0.25) is 11.8 Å². The molecule has 2 aliphatic rings. The zero-order valence-electron chi connectivity index (χ0n) is 19.6. The van der Waals surface area contributed by atoms with Gasteiger partial charge < -0.3 is 9.47 Å². The van der Waals surface area contributed by atoms with E-state index >= 15 is 0 Å². The molecule has 35 heavy (non-hydrogen) atoms. The van der Waals surface area contributed by atoms with Crippen molar-refractivity contribution in [2.24, 2.45) is 0 Å². The fraction of sp³-hybridized carbons (Fsp3) is 0.407. The topological polar surface area (TPSA) is 102 Å². The number of carbonyl (C=O) groups excluding carboxylic acids is 4. The SMILES string of the molecule is O=C(C[C@@H]1NC2(CCCCC2)C(=O)N(CC(=O)OCc2ccccc2)C1=O)OCc1ccccc1. The maximum absolute atomic E-state index is 13.4. The molecule has 1 saturated carbocycles. The smallest absolute Gasteiger partial charge is 0.326 e. The molecule has 1 spiro atoms. The van der Waals surface area contributed by atoms with E-state index in [1.807, 2.05) is 60.7 Å². The summed E-state index contributed by atoms with van der Waals surface area (Å²) < 4.78 is 10.7. The van der Waals surface area contributed by atoms with Crippen molar-refractivity contribution in [3.63, 3.8) is 0 Å². The van der Waals surface area contributed by atoms with Crippen LogP contribution in [0.15, 0.2) is 60.7 Å². The maximum Gasteiger partial charge on any atom is 0.326 e. The quantitative estimate of drug-likeness (QED) is 0.460. The van der Waals surface area contributed by atoms with Crippen molar-refractivity contribution in [3.8, 4) is 0 Å². The summed E-state index contributed by atoms with van der Waals surface area (Å²) in [4.78, 5) is 52.7. The second kappa shape index (κ2) is 11.3. The molecule has 0 unspecified atom stereocenters. The average Bonchev–Trinajstić information content (AvgIpc) is 2.89. The highest BCUT2D eigenvalue weighted by atomic mass is 16.5. The molecule has 184 valence electrons. The highest BCUT2D eigenvalue weighted by Gasteiger charge is 2.52. The minimum Gasteiger partial charge on any atom is -0.461 e. The number of ether oxygens (including phenoxy) is 2. The Balaban J connectivity index is 1.42. The van der Waals surface area contributed by atoms with Crippen LogP contribution in [0.2, 0.25) is 0 Å². The first-order valence-corrected chi connectivity index (χ1v) is 12.0. The fourth-order valence-electron chi connectivity index (χ4n) is 4.68. The summed E-state index contributed by atoms with van der Waals surface area (Å²) in [7, 11) is 0. The van der Waals surface area contributed by atoms with E-state index in [0.717, 1.165) is 35.3 Å². The molecular formula is C27H30N2O6. The number of nitrogens with zero attached hydrogens (tertiary/aromatic N) is 1. The number of amides is 2.